The van der Waals surface area contributed by atoms with Crippen molar-refractivity contribution in [2.75, 3.05) is 0 Å². The average molecular weight is 212 g/mol. The van der Waals surface area contributed by atoms with Crippen LogP contribution in [0.1, 0.15) is 38.3 Å². The van der Waals surface area contributed by atoms with Gasteiger partial charge in [-0.15, -0.1) is 0 Å². The van der Waals surface area contributed by atoms with Crippen LogP contribution >= 0.6 is 0 Å². The molecule has 0 saturated carbocycles. The van der Waals surface area contributed by atoms with Gasteiger partial charge in [-0.05, 0) is 35.1 Å². The molecule has 2 aromatic carbocycles. The van der Waals surface area contributed by atoms with Crippen LogP contribution in [0, 0.1) is 6.92 Å². The topological polar surface area (TPSA) is 0 Å². The highest BCUT2D eigenvalue weighted by Gasteiger charge is 2.20. The summed E-state index contributed by atoms with van der Waals surface area (Å²) in [4.78, 5) is 0. The molecule has 0 amide bonds. The number of hydrogen-bond donors (Lipinski definition) is 0. The summed E-state index contributed by atoms with van der Waals surface area (Å²) in [7, 11) is 0. The third-order valence-corrected chi connectivity index (χ3v) is 3.62. The van der Waals surface area contributed by atoms with Gasteiger partial charge in [-0.25, -0.2) is 0 Å². The standard InChI is InChI=1S/C16H20/c1-5-16(3,4)15-11-12(2)10-13-8-6-7-9-14(13)15/h6-11H,5H2,1-4H3. The van der Waals surface area contributed by atoms with E-state index in [4.69, 9.17) is 0 Å². The van der Waals surface area contributed by atoms with E-state index in [1.807, 2.05) is 0 Å². The van der Waals surface area contributed by atoms with Crippen LogP contribution in [0.4, 0.5) is 0 Å². The first-order chi connectivity index (χ1) is 7.54. The molecule has 0 aliphatic carbocycles. The van der Waals surface area contributed by atoms with Crippen LogP contribution in [-0.2, 0) is 5.41 Å². The molecule has 0 nitrogen and oxygen atoms in total. The van der Waals surface area contributed by atoms with Crippen molar-refractivity contribution in [1.82, 2.24) is 0 Å². The molecule has 0 unspecified atom stereocenters. The summed E-state index contributed by atoms with van der Waals surface area (Å²) in [6.45, 7) is 9.10. The van der Waals surface area contributed by atoms with E-state index < -0.39 is 0 Å². The third kappa shape index (κ3) is 1.84. The SMILES string of the molecule is CCC(C)(C)c1cc(C)cc2ccccc12. The minimum Gasteiger partial charge on any atom is -0.0646 e. The molecule has 0 N–H and O–H groups in total. The summed E-state index contributed by atoms with van der Waals surface area (Å²) < 4.78 is 0. The van der Waals surface area contributed by atoms with Gasteiger partial charge in [-0.1, -0.05) is 62.7 Å². The van der Waals surface area contributed by atoms with Crippen molar-refractivity contribution in [2.24, 2.45) is 0 Å². The smallest absolute Gasteiger partial charge is 0.00999 e. The molecule has 0 fully saturated rings. The first kappa shape index (κ1) is 11.2. The summed E-state index contributed by atoms with van der Waals surface area (Å²) in [5.74, 6) is 0. The zero-order valence-electron chi connectivity index (χ0n) is 10.7. The van der Waals surface area contributed by atoms with Gasteiger partial charge < -0.3 is 0 Å². The molecular formula is C16H20. The van der Waals surface area contributed by atoms with Gasteiger partial charge in [0.25, 0.3) is 0 Å². The molecule has 2 rings (SSSR count). The minimum absolute atomic E-state index is 0.256. The Balaban J connectivity index is 2.77. The first-order valence-corrected chi connectivity index (χ1v) is 6.04. The van der Waals surface area contributed by atoms with Crippen molar-refractivity contribution < 1.29 is 0 Å². The second-order valence-electron chi connectivity index (χ2n) is 5.27. The van der Waals surface area contributed by atoms with Gasteiger partial charge in [0.05, 0.1) is 0 Å². The van der Waals surface area contributed by atoms with Crippen molar-refractivity contribution in [3.05, 3.63) is 47.5 Å². The molecule has 0 bridgehead atoms. The lowest BCUT2D eigenvalue weighted by Crippen LogP contribution is -2.16. The molecule has 84 valence electrons. The number of hydrogen-bond acceptors (Lipinski definition) is 0. The average Bonchev–Trinajstić information content (AvgIpc) is 2.28. The van der Waals surface area contributed by atoms with E-state index in [1.54, 1.807) is 0 Å². The van der Waals surface area contributed by atoms with E-state index in [0.29, 0.717) is 0 Å². The lowest BCUT2D eigenvalue weighted by Gasteiger charge is -2.25. The maximum absolute atomic E-state index is 2.34. The van der Waals surface area contributed by atoms with Gasteiger partial charge in [-0.3, -0.25) is 0 Å². The van der Waals surface area contributed by atoms with Crippen molar-refractivity contribution >= 4 is 10.8 Å². The van der Waals surface area contributed by atoms with E-state index >= 15 is 0 Å². The molecule has 0 heteroatoms. The van der Waals surface area contributed by atoms with Crippen molar-refractivity contribution in [3.8, 4) is 0 Å². The van der Waals surface area contributed by atoms with Gasteiger partial charge in [0.2, 0.25) is 0 Å². The summed E-state index contributed by atoms with van der Waals surface area (Å²) in [6.07, 6.45) is 1.17. The van der Waals surface area contributed by atoms with E-state index in [-0.39, 0.29) is 5.41 Å². The summed E-state index contributed by atoms with van der Waals surface area (Å²) >= 11 is 0. The Bertz CT molecular complexity index is 506. The molecule has 0 aromatic heterocycles. The van der Waals surface area contributed by atoms with Crippen LogP contribution < -0.4 is 0 Å². The lowest BCUT2D eigenvalue weighted by molar-refractivity contribution is 0.510. The summed E-state index contributed by atoms with van der Waals surface area (Å²) in [5, 5.41) is 2.76. The highest BCUT2D eigenvalue weighted by Crippen LogP contribution is 2.33. The predicted octanol–water partition coefficient (Wildman–Crippen LogP) is 4.84. The zero-order chi connectivity index (χ0) is 11.8. The highest BCUT2D eigenvalue weighted by molar-refractivity contribution is 5.87. The van der Waals surface area contributed by atoms with Crippen LogP contribution in [0.3, 0.4) is 0 Å². The molecular weight excluding hydrogens is 192 g/mol. The maximum Gasteiger partial charge on any atom is -0.00999 e. The molecule has 0 spiro atoms. The van der Waals surface area contributed by atoms with Crippen LogP contribution in [0.5, 0.6) is 0 Å². The number of rotatable bonds is 2. The second-order valence-corrected chi connectivity index (χ2v) is 5.27. The van der Waals surface area contributed by atoms with Crippen molar-refractivity contribution in [1.29, 1.82) is 0 Å². The van der Waals surface area contributed by atoms with Gasteiger partial charge in [0.1, 0.15) is 0 Å². The maximum atomic E-state index is 2.34. The quantitative estimate of drug-likeness (QED) is 0.668. The minimum atomic E-state index is 0.256. The van der Waals surface area contributed by atoms with Crippen LogP contribution in [0.25, 0.3) is 10.8 Å². The molecule has 0 saturated heterocycles. The van der Waals surface area contributed by atoms with Gasteiger partial charge in [0.15, 0.2) is 0 Å². The molecule has 0 aliphatic heterocycles. The Hall–Kier alpha value is -1.30. The number of fused-ring (bicyclic) bond motifs is 1. The molecule has 16 heavy (non-hydrogen) atoms. The molecule has 0 atom stereocenters. The Morgan fingerprint density at radius 3 is 2.44 bits per heavy atom. The van der Waals surface area contributed by atoms with Gasteiger partial charge in [-0.2, -0.15) is 0 Å². The Morgan fingerprint density at radius 2 is 1.75 bits per heavy atom. The van der Waals surface area contributed by atoms with Crippen LogP contribution in [0.2, 0.25) is 0 Å². The Labute approximate surface area is 98.3 Å². The van der Waals surface area contributed by atoms with E-state index in [2.05, 4.69) is 64.1 Å². The van der Waals surface area contributed by atoms with Crippen molar-refractivity contribution in [2.45, 2.75) is 39.5 Å². The molecule has 0 aliphatic rings. The lowest BCUT2D eigenvalue weighted by atomic mass is 9.79. The monoisotopic (exact) mass is 212 g/mol. The Kier molecular flexibility index (Phi) is 2.75. The van der Waals surface area contributed by atoms with Crippen LogP contribution in [-0.4, -0.2) is 0 Å². The van der Waals surface area contributed by atoms with E-state index in [9.17, 15) is 0 Å². The fourth-order valence-corrected chi connectivity index (χ4v) is 2.21. The summed E-state index contributed by atoms with van der Waals surface area (Å²) in [5.41, 5.74) is 3.09. The molecule has 2 aromatic rings. The van der Waals surface area contributed by atoms with E-state index in [0.717, 1.165) is 0 Å². The molecule has 0 heterocycles. The summed E-state index contributed by atoms with van der Waals surface area (Å²) in [6, 6.07) is 13.3. The van der Waals surface area contributed by atoms with E-state index in [1.165, 1.54) is 28.3 Å². The molecule has 0 radical (unpaired) electrons. The first-order valence-electron chi connectivity index (χ1n) is 6.04. The number of aryl methyl sites for hydroxylation is 1. The fourth-order valence-electron chi connectivity index (χ4n) is 2.21. The fraction of sp³-hybridized carbons (Fsp3) is 0.375. The van der Waals surface area contributed by atoms with Crippen LogP contribution in [0.15, 0.2) is 36.4 Å². The van der Waals surface area contributed by atoms with Crippen molar-refractivity contribution in [3.63, 3.8) is 0 Å². The zero-order valence-corrected chi connectivity index (χ0v) is 10.7. The normalized spacial score (nSPS) is 12.0. The number of benzene rings is 2. The second kappa shape index (κ2) is 3.93. The largest absolute Gasteiger partial charge is 0.0646 e. The highest BCUT2D eigenvalue weighted by atomic mass is 14.2. The third-order valence-electron chi connectivity index (χ3n) is 3.62. The van der Waals surface area contributed by atoms with Gasteiger partial charge >= 0.3 is 0 Å². The Morgan fingerprint density at radius 1 is 1.06 bits per heavy atom. The van der Waals surface area contributed by atoms with Gasteiger partial charge in [0, 0.05) is 0 Å². The predicted molar refractivity (Wildman–Crippen MR) is 72.0 cm³/mol.